The lowest BCUT2D eigenvalue weighted by Crippen LogP contribution is -2.49. The quantitative estimate of drug-likeness (QED) is 0.514. The predicted octanol–water partition coefficient (Wildman–Crippen LogP) is 3.42. The number of morpholine rings is 1. The molecule has 2 aliphatic heterocycles. The van der Waals surface area contributed by atoms with Gasteiger partial charge < -0.3 is 19.4 Å². The number of piperidine rings is 1. The second kappa shape index (κ2) is 8.11. The van der Waals surface area contributed by atoms with E-state index < -0.39 is 0 Å². The molecule has 4 aromatic rings. The van der Waals surface area contributed by atoms with Gasteiger partial charge in [-0.3, -0.25) is 10.00 Å². The molecule has 0 saturated carbocycles. The van der Waals surface area contributed by atoms with Gasteiger partial charge in [0, 0.05) is 49.4 Å². The molecule has 0 spiro atoms. The molecule has 2 N–H and O–H groups in total. The molecular weight excluding hydrogens is 404 g/mol. The van der Waals surface area contributed by atoms with Gasteiger partial charge in [-0.05, 0) is 43.2 Å². The summed E-state index contributed by atoms with van der Waals surface area (Å²) in [7, 11) is 1.67. The normalized spacial score (nSPS) is 18.6. The van der Waals surface area contributed by atoms with Crippen molar-refractivity contribution in [2.24, 2.45) is 0 Å². The zero-order chi connectivity index (χ0) is 21.5. The topological polar surface area (TPSA) is 82.3 Å². The van der Waals surface area contributed by atoms with Crippen molar-refractivity contribution in [3.63, 3.8) is 0 Å². The minimum Gasteiger partial charge on any atom is -0.497 e. The summed E-state index contributed by atoms with van der Waals surface area (Å²) in [5.41, 5.74) is 5.01. The van der Waals surface area contributed by atoms with E-state index in [4.69, 9.17) is 14.5 Å². The highest BCUT2D eigenvalue weighted by atomic mass is 16.5. The summed E-state index contributed by atoms with van der Waals surface area (Å²) < 4.78 is 10.8. The second-order valence-corrected chi connectivity index (χ2v) is 8.64. The molecule has 4 heterocycles. The van der Waals surface area contributed by atoms with E-state index in [1.54, 1.807) is 7.11 Å². The Hall–Kier alpha value is -3.10. The highest BCUT2D eigenvalue weighted by molar-refractivity contribution is 5.94. The maximum Gasteiger partial charge on any atom is 0.159 e. The van der Waals surface area contributed by atoms with Gasteiger partial charge in [0.15, 0.2) is 5.82 Å². The molecule has 0 amide bonds. The summed E-state index contributed by atoms with van der Waals surface area (Å²) in [6, 6.07) is 13.1. The number of nitrogens with zero attached hydrogens (tertiary/aromatic N) is 4. The molecule has 0 atom stereocenters. The van der Waals surface area contributed by atoms with Gasteiger partial charge in [-0.25, -0.2) is 4.98 Å². The summed E-state index contributed by atoms with van der Waals surface area (Å²) in [5, 5.41) is 8.62. The molecule has 6 rings (SSSR count). The SMILES string of the molecule is COc1ccc2c(-c3nc4ccc(N5CCC(N6CCOCC6)CC5)cc4[nH]3)n[nH]c2c1. The van der Waals surface area contributed by atoms with Crippen molar-refractivity contribution in [3.8, 4) is 17.3 Å². The van der Waals surface area contributed by atoms with Crippen LogP contribution in [-0.4, -0.2) is 77.6 Å². The van der Waals surface area contributed by atoms with Gasteiger partial charge in [-0.15, -0.1) is 0 Å². The number of hydrogen-bond acceptors (Lipinski definition) is 6. The number of anilines is 1. The van der Waals surface area contributed by atoms with E-state index in [0.717, 1.165) is 78.6 Å². The fourth-order valence-electron chi connectivity index (χ4n) is 5.04. The number of aromatic nitrogens is 4. The number of fused-ring (bicyclic) bond motifs is 2. The van der Waals surface area contributed by atoms with E-state index in [-0.39, 0.29) is 0 Å². The van der Waals surface area contributed by atoms with Crippen LogP contribution in [0.25, 0.3) is 33.5 Å². The summed E-state index contributed by atoms with van der Waals surface area (Å²) in [6.07, 6.45) is 2.41. The van der Waals surface area contributed by atoms with Gasteiger partial charge in [-0.1, -0.05) is 0 Å². The zero-order valence-corrected chi connectivity index (χ0v) is 18.3. The van der Waals surface area contributed by atoms with Crippen LogP contribution in [0.2, 0.25) is 0 Å². The van der Waals surface area contributed by atoms with Crippen molar-refractivity contribution in [1.82, 2.24) is 25.1 Å². The van der Waals surface area contributed by atoms with E-state index in [1.165, 1.54) is 18.5 Å². The Bertz CT molecular complexity index is 1230. The minimum atomic E-state index is 0.684. The van der Waals surface area contributed by atoms with E-state index in [0.29, 0.717) is 6.04 Å². The van der Waals surface area contributed by atoms with Crippen molar-refractivity contribution in [2.45, 2.75) is 18.9 Å². The van der Waals surface area contributed by atoms with Crippen molar-refractivity contribution in [3.05, 3.63) is 36.4 Å². The van der Waals surface area contributed by atoms with Gasteiger partial charge in [-0.2, -0.15) is 5.10 Å². The second-order valence-electron chi connectivity index (χ2n) is 8.64. The number of H-pyrrole nitrogens is 2. The van der Waals surface area contributed by atoms with Crippen LogP contribution >= 0.6 is 0 Å². The summed E-state index contributed by atoms with van der Waals surface area (Å²) in [4.78, 5) is 13.4. The van der Waals surface area contributed by atoms with Crippen LogP contribution in [0.3, 0.4) is 0 Å². The lowest BCUT2D eigenvalue weighted by atomic mass is 10.0. The van der Waals surface area contributed by atoms with Gasteiger partial charge in [0.1, 0.15) is 11.4 Å². The van der Waals surface area contributed by atoms with Crippen LogP contribution in [0.5, 0.6) is 5.75 Å². The Morgan fingerprint density at radius 1 is 1.00 bits per heavy atom. The third-order valence-corrected chi connectivity index (χ3v) is 6.85. The Labute approximate surface area is 186 Å². The third kappa shape index (κ3) is 3.49. The summed E-state index contributed by atoms with van der Waals surface area (Å²) in [5.74, 6) is 1.58. The van der Waals surface area contributed by atoms with Crippen molar-refractivity contribution >= 4 is 27.6 Å². The van der Waals surface area contributed by atoms with E-state index in [9.17, 15) is 0 Å². The Balaban J connectivity index is 1.22. The minimum absolute atomic E-state index is 0.684. The van der Waals surface area contributed by atoms with Crippen molar-refractivity contribution < 1.29 is 9.47 Å². The number of aromatic amines is 2. The molecule has 2 saturated heterocycles. The van der Waals surface area contributed by atoms with Crippen LogP contribution in [0.15, 0.2) is 36.4 Å². The fourth-order valence-corrected chi connectivity index (χ4v) is 5.04. The zero-order valence-electron chi connectivity index (χ0n) is 18.3. The molecule has 0 unspecified atom stereocenters. The molecule has 166 valence electrons. The number of nitrogens with one attached hydrogen (secondary N) is 2. The lowest BCUT2D eigenvalue weighted by molar-refractivity contribution is 0.0115. The summed E-state index contributed by atoms with van der Waals surface area (Å²) in [6.45, 7) is 6.06. The molecule has 32 heavy (non-hydrogen) atoms. The highest BCUT2D eigenvalue weighted by Gasteiger charge is 2.26. The number of ether oxygens (including phenoxy) is 2. The van der Waals surface area contributed by atoms with E-state index >= 15 is 0 Å². The van der Waals surface area contributed by atoms with Gasteiger partial charge in [0.05, 0.1) is 36.9 Å². The largest absolute Gasteiger partial charge is 0.497 e. The van der Waals surface area contributed by atoms with Crippen molar-refractivity contribution in [2.75, 3.05) is 51.4 Å². The van der Waals surface area contributed by atoms with E-state index in [2.05, 4.69) is 43.2 Å². The first-order valence-electron chi connectivity index (χ1n) is 11.4. The number of benzene rings is 2. The smallest absolute Gasteiger partial charge is 0.159 e. The standard InChI is InChI=1S/C24H28N6O2/c1-31-18-3-4-19-21(15-18)27-28-23(19)24-25-20-5-2-17(14-22(20)26-24)29-8-6-16(7-9-29)30-10-12-32-13-11-30/h2-5,14-16H,6-13H2,1H3,(H,25,26)(H,27,28). The number of imidazole rings is 1. The monoisotopic (exact) mass is 432 g/mol. The Morgan fingerprint density at radius 3 is 2.66 bits per heavy atom. The molecule has 2 fully saturated rings. The Kier molecular flexibility index (Phi) is 4.96. The number of rotatable bonds is 4. The first-order valence-corrected chi connectivity index (χ1v) is 11.4. The van der Waals surface area contributed by atoms with Crippen LogP contribution in [-0.2, 0) is 4.74 Å². The molecule has 2 aliphatic rings. The molecule has 0 radical (unpaired) electrons. The summed E-state index contributed by atoms with van der Waals surface area (Å²) >= 11 is 0. The average Bonchev–Trinajstić information content (AvgIpc) is 3.47. The molecule has 0 aliphatic carbocycles. The van der Waals surface area contributed by atoms with E-state index in [1.807, 2.05) is 18.2 Å². The first-order chi connectivity index (χ1) is 15.8. The number of methoxy groups -OCH3 is 1. The van der Waals surface area contributed by atoms with Crippen LogP contribution < -0.4 is 9.64 Å². The third-order valence-electron chi connectivity index (χ3n) is 6.85. The lowest BCUT2D eigenvalue weighted by Gasteiger charge is -2.40. The molecule has 8 heteroatoms. The van der Waals surface area contributed by atoms with Gasteiger partial charge in [0.25, 0.3) is 0 Å². The fraction of sp³-hybridized carbons (Fsp3) is 0.417. The maximum atomic E-state index is 5.51. The predicted molar refractivity (Wildman–Crippen MR) is 125 cm³/mol. The Morgan fingerprint density at radius 2 is 1.84 bits per heavy atom. The maximum absolute atomic E-state index is 5.51. The van der Waals surface area contributed by atoms with Crippen molar-refractivity contribution in [1.29, 1.82) is 0 Å². The molecular formula is C24H28N6O2. The highest BCUT2D eigenvalue weighted by Crippen LogP contribution is 2.30. The van der Waals surface area contributed by atoms with Crippen LogP contribution in [0, 0.1) is 0 Å². The van der Waals surface area contributed by atoms with Crippen LogP contribution in [0.4, 0.5) is 5.69 Å². The molecule has 0 bridgehead atoms. The van der Waals surface area contributed by atoms with Gasteiger partial charge in [0.2, 0.25) is 0 Å². The first kappa shape index (κ1) is 19.6. The molecule has 8 nitrogen and oxygen atoms in total. The molecule has 2 aromatic heterocycles. The van der Waals surface area contributed by atoms with Gasteiger partial charge >= 0.3 is 0 Å². The average molecular weight is 433 g/mol. The molecule has 2 aromatic carbocycles. The number of hydrogen-bond donors (Lipinski definition) is 2. The van der Waals surface area contributed by atoms with Crippen LogP contribution in [0.1, 0.15) is 12.8 Å².